The summed E-state index contributed by atoms with van der Waals surface area (Å²) in [6, 6.07) is 1.72. The fourth-order valence-corrected chi connectivity index (χ4v) is 3.70. The van der Waals surface area contributed by atoms with E-state index in [0.29, 0.717) is 6.42 Å². The Morgan fingerprint density at radius 2 is 2.12 bits per heavy atom. The van der Waals surface area contributed by atoms with Gasteiger partial charge in [0.25, 0.3) is 0 Å². The molecule has 136 valence electrons. The van der Waals surface area contributed by atoms with Gasteiger partial charge in [0.05, 0.1) is 24.5 Å². The van der Waals surface area contributed by atoms with Crippen molar-refractivity contribution in [1.82, 2.24) is 24.2 Å². The molecule has 1 saturated carbocycles. The Morgan fingerprint density at radius 1 is 1.28 bits per heavy atom. The van der Waals surface area contributed by atoms with E-state index in [4.69, 9.17) is 0 Å². The number of carbonyl (C=O) groups is 1. The van der Waals surface area contributed by atoms with Crippen LogP contribution >= 0.6 is 0 Å². The van der Waals surface area contributed by atoms with Gasteiger partial charge in [0, 0.05) is 44.8 Å². The zero-order valence-electron chi connectivity index (χ0n) is 14.7. The maximum Gasteiger partial charge on any atom is 0.222 e. The van der Waals surface area contributed by atoms with E-state index in [0.717, 1.165) is 38.6 Å². The second-order valence-corrected chi connectivity index (χ2v) is 6.80. The summed E-state index contributed by atoms with van der Waals surface area (Å²) in [6.45, 7) is 0.734. The van der Waals surface area contributed by atoms with Gasteiger partial charge in [-0.2, -0.15) is 5.10 Å². The molecule has 25 heavy (non-hydrogen) atoms. The first-order chi connectivity index (χ1) is 12.2. The lowest BCUT2D eigenvalue weighted by Gasteiger charge is -2.34. The Kier molecular flexibility index (Phi) is 5.86. The lowest BCUT2D eigenvalue weighted by atomic mass is 10.00. The van der Waals surface area contributed by atoms with E-state index in [2.05, 4.69) is 10.1 Å². The third kappa shape index (κ3) is 4.28. The summed E-state index contributed by atoms with van der Waals surface area (Å²) in [4.78, 5) is 18.4. The summed E-state index contributed by atoms with van der Waals surface area (Å²) < 4.78 is 3.81. The van der Waals surface area contributed by atoms with Crippen LogP contribution in [0.15, 0.2) is 37.2 Å². The second-order valence-electron chi connectivity index (χ2n) is 6.80. The van der Waals surface area contributed by atoms with Gasteiger partial charge in [0.2, 0.25) is 5.91 Å². The lowest BCUT2D eigenvalue weighted by molar-refractivity contribution is -0.135. The topological polar surface area (TPSA) is 76.2 Å². The average molecular weight is 345 g/mol. The number of aryl methyl sites for hydroxylation is 1. The monoisotopic (exact) mass is 345 g/mol. The maximum absolute atomic E-state index is 12.6. The number of hydrogen-bond donors (Lipinski definition) is 1. The molecular weight excluding hydrogens is 318 g/mol. The average Bonchev–Trinajstić information content (AvgIpc) is 3.28. The van der Waals surface area contributed by atoms with Crippen molar-refractivity contribution in [3.8, 4) is 0 Å². The van der Waals surface area contributed by atoms with Crippen molar-refractivity contribution < 1.29 is 9.90 Å². The number of hydrogen-bond acceptors (Lipinski definition) is 4. The fourth-order valence-electron chi connectivity index (χ4n) is 3.70. The van der Waals surface area contributed by atoms with Gasteiger partial charge >= 0.3 is 0 Å². The van der Waals surface area contributed by atoms with E-state index in [1.165, 1.54) is 0 Å². The van der Waals surface area contributed by atoms with Crippen LogP contribution in [0.2, 0.25) is 0 Å². The van der Waals surface area contributed by atoms with Gasteiger partial charge in [-0.3, -0.25) is 9.48 Å². The number of amides is 1. The largest absolute Gasteiger partial charge is 0.389 e. The van der Waals surface area contributed by atoms with Crippen LogP contribution in [0.3, 0.4) is 0 Å². The highest BCUT2D eigenvalue weighted by Crippen LogP contribution is 2.30. The number of aliphatic hydroxyl groups is 1. The van der Waals surface area contributed by atoms with Crippen LogP contribution in [0, 0.1) is 0 Å². The molecule has 0 radical (unpaired) electrons. The standard InChI is InChI=1S/C18H27N5O2/c1-21(17(24)8-4-11-23-12-5-9-20-23)15-6-2-3-7-16(18(15)25)22-13-10-19-14-22/h5,9-10,12-16,18,25H,2-4,6-8,11H2,1H3/t15-,16-,18-/m1/s1. The Morgan fingerprint density at radius 3 is 2.84 bits per heavy atom. The molecule has 3 atom stereocenters. The first kappa shape index (κ1) is 17.7. The lowest BCUT2D eigenvalue weighted by Crippen LogP contribution is -2.47. The van der Waals surface area contributed by atoms with E-state index in [1.54, 1.807) is 23.6 Å². The summed E-state index contributed by atoms with van der Waals surface area (Å²) in [5.74, 6) is 0.0856. The van der Waals surface area contributed by atoms with Crippen LogP contribution in [-0.2, 0) is 11.3 Å². The molecule has 0 spiro atoms. The SMILES string of the molecule is CN(C(=O)CCCn1cccn1)[C@@H]1CCCC[C@@H](n2ccnc2)[C@@H]1O. The molecule has 3 rings (SSSR count). The number of rotatable bonds is 6. The second kappa shape index (κ2) is 8.29. The zero-order valence-corrected chi connectivity index (χ0v) is 14.7. The number of aromatic nitrogens is 4. The van der Waals surface area contributed by atoms with Gasteiger partial charge in [-0.15, -0.1) is 0 Å². The highest BCUT2D eigenvalue weighted by Gasteiger charge is 2.34. The van der Waals surface area contributed by atoms with E-state index in [9.17, 15) is 9.90 Å². The summed E-state index contributed by atoms with van der Waals surface area (Å²) in [5.41, 5.74) is 0. The molecular formula is C18H27N5O2. The van der Waals surface area contributed by atoms with Crippen LogP contribution < -0.4 is 0 Å². The Hall–Kier alpha value is -2.15. The highest BCUT2D eigenvalue weighted by molar-refractivity contribution is 5.76. The van der Waals surface area contributed by atoms with Crippen LogP contribution in [-0.4, -0.2) is 54.4 Å². The number of likely N-dealkylation sites (N-methyl/N-ethyl adjacent to an activating group) is 1. The molecule has 0 aromatic carbocycles. The van der Waals surface area contributed by atoms with Crippen molar-refractivity contribution in [2.24, 2.45) is 0 Å². The summed E-state index contributed by atoms with van der Waals surface area (Å²) >= 11 is 0. The van der Waals surface area contributed by atoms with Crippen LogP contribution in [0.4, 0.5) is 0 Å². The third-order valence-corrected chi connectivity index (χ3v) is 5.17. The summed E-state index contributed by atoms with van der Waals surface area (Å²) in [5, 5.41) is 15.1. The number of imidazole rings is 1. The van der Waals surface area contributed by atoms with Crippen molar-refractivity contribution in [3.05, 3.63) is 37.2 Å². The van der Waals surface area contributed by atoms with Gasteiger partial charge < -0.3 is 14.6 Å². The third-order valence-electron chi connectivity index (χ3n) is 5.17. The predicted molar refractivity (Wildman–Crippen MR) is 93.8 cm³/mol. The molecule has 7 heteroatoms. The van der Waals surface area contributed by atoms with Gasteiger partial charge in [-0.25, -0.2) is 4.98 Å². The smallest absolute Gasteiger partial charge is 0.222 e. The van der Waals surface area contributed by atoms with E-state index in [-0.39, 0.29) is 18.0 Å². The molecule has 1 aliphatic rings. The first-order valence-electron chi connectivity index (χ1n) is 9.05. The van der Waals surface area contributed by atoms with Crippen molar-refractivity contribution in [3.63, 3.8) is 0 Å². The minimum Gasteiger partial charge on any atom is -0.389 e. The minimum absolute atomic E-state index is 0.0191. The van der Waals surface area contributed by atoms with E-state index < -0.39 is 6.10 Å². The molecule has 1 fully saturated rings. The molecule has 7 nitrogen and oxygen atoms in total. The van der Waals surface area contributed by atoms with Crippen LogP contribution in [0.5, 0.6) is 0 Å². The molecule has 0 bridgehead atoms. The maximum atomic E-state index is 12.6. The fraction of sp³-hybridized carbons (Fsp3) is 0.611. The highest BCUT2D eigenvalue weighted by atomic mass is 16.3. The van der Waals surface area contributed by atoms with Gasteiger partial charge in [0.1, 0.15) is 0 Å². The van der Waals surface area contributed by atoms with Crippen molar-refractivity contribution in [2.45, 2.75) is 63.3 Å². The Bertz CT molecular complexity index is 640. The van der Waals surface area contributed by atoms with Gasteiger partial charge in [-0.05, 0) is 25.3 Å². The van der Waals surface area contributed by atoms with Crippen LogP contribution in [0.1, 0.15) is 44.6 Å². The quantitative estimate of drug-likeness (QED) is 0.811. The Labute approximate surface area is 148 Å². The number of carbonyl (C=O) groups excluding carboxylic acids is 1. The normalized spacial score (nSPS) is 24.0. The molecule has 1 aliphatic carbocycles. The number of aliphatic hydroxyl groups excluding tert-OH is 1. The molecule has 0 aliphatic heterocycles. The predicted octanol–water partition coefficient (Wildman–Crippen LogP) is 1.86. The molecule has 0 saturated heterocycles. The number of nitrogens with zero attached hydrogens (tertiary/aromatic N) is 5. The van der Waals surface area contributed by atoms with Crippen molar-refractivity contribution >= 4 is 5.91 Å². The molecule has 0 unspecified atom stereocenters. The molecule has 1 N–H and O–H groups in total. The van der Waals surface area contributed by atoms with E-state index in [1.807, 2.05) is 34.8 Å². The van der Waals surface area contributed by atoms with Crippen molar-refractivity contribution in [1.29, 1.82) is 0 Å². The van der Waals surface area contributed by atoms with Crippen LogP contribution in [0.25, 0.3) is 0 Å². The summed E-state index contributed by atoms with van der Waals surface area (Å²) in [6.07, 6.45) is 13.5. The van der Waals surface area contributed by atoms with Gasteiger partial charge in [0.15, 0.2) is 0 Å². The van der Waals surface area contributed by atoms with Crippen molar-refractivity contribution in [2.75, 3.05) is 7.05 Å². The molecule has 2 heterocycles. The zero-order chi connectivity index (χ0) is 17.6. The molecule has 1 amide bonds. The minimum atomic E-state index is -0.572. The first-order valence-corrected chi connectivity index (χ1v) is 9.05. The summed E-state index contributed by atoms with van der Waals surface area (Å²) in [7, 11) is 1.82. The molecule has 2 aromatic rings. The van der Waals surface area contributed by atoms with Gasteiger partial charge in [-0.1, -0.05) is 12.8 Å². The van der Waals surface area contributed by atoms with E-state index >= 15 is 0 Å². The molecule has 2 aromatic heterocycles. The Balaban J connectivity index is 1.58.